The quantitative estimate of drug-likeness (QED) is 0.896. The summed E-state index contributed by atoms with van der Waals surface area (Å²) in [7, 11) is 0. The minimum absolute atomic E-state index is 0.335. The minimum Gasteiger partial charge on any atom is -0.305 e. The lowest BCUT2D eigenvalue weighted by Crippen LogP contribution is -2.19. The van der Waals surface area contributed by atoms with Gasteiger partial charge in [0.1, 0.15) is 0 Å². The van der Waals surface area contributed by atoms with Gasteiger partial charge >= 0.3 is 0 Å². The van der Waals surface area contributed by atoms with Crippen LogP contribution in [-0.2, 0) is 6.54 Å². The summed E-state index contributed by atoms with van der Waals surface area (Å²) in [5.41, 5.74) is 6.52. The Labute approximate surface area is 115 Å². The number of aromatic nitrogens is 1. The van der Waals surface area contributed by atoms with Crippen molar-refractivity contribution in [2.75, 3.05) is 0 Å². The number of hydrogen-bond acceptors (Lipinski definition) is 2. The molecule has 0 fully saturated rings. The van der Waals surface area contributed by atoms with E-state index in [-0.39, 0.29) is 0 Å². The van der Waals surface area contributed by atoms with Crippen LogP contribution in [0.3, 0.4) is 0 Å². The van der Waals surface area contributed by atoms with Gasteiger partial charge in [-0.25, -0.2) is 0 Å². The summed E-state index contributed by atoms with van der Waals surface area (Å²) < 4.78 is 0. The molecule has 2 aromatic rings. The van der Waals surface area contributed by atoms with E-state index < -0.39 is 0 Å². The molecule has 2 rings (SSSR count). The number of benzene rings is 1. The summed E-state index contributed by atoms with van der Waals surface area (Å²) >= 11 is 0. The van der Waals surface area contributed by atoms with E-state index in [4.69, 9.17) is 0 Å². The van der Waals surface area contributed by atoms with Crippen LogP contribution in [0.2, 0.25) is 0 Å². The number of aryl methyl sites for hydroxylation is 3. The van der Waals surface area contributed by atoms with Gasteiger partial charge in [-0.05, 0) is 62.1 Å². The molecule has 0 spiro atoms. The zero-order valence-electron chi connectivity index (χ0n) is 12.2. The highest BCUT2D eigenvalue weighted by atomic mass is 14.9. The monoisotopic (exact) mass is 254 g/mol. The lowest BCUT2D eigenvalue weighted by molar-refractivity contribution is 0.565. The average Bonchev–Trinajstić information content (AvgIpc) is 2.41. The molecule has 2 nitrogen and oxygen atoms in total. The van der Waals surface area contributed by atoms with Crippen LogP contribution in [0.1, 0.15) is 40.9 Å². The van der Waals surface area contributed by atoms with Crippen molar-refractivity contribution in [3.63, 3.8) is 0 Å². The van der Waals surface area contributed by atoms with Crippen LogP contribution in [0.15, 0.2) is 36.5 Å². The Morgan fingerprint density at radius 2 is 1.79 bits per heavy atom. The van der Waals surface area contributed by atoms with Gasteiger partial charge in [-0.15, -0.1) is 0 Å². The zero-order chi connectivity index (χ0) is 13.8. The summed E-state index contributed by atoms with van der Waals surface area (Å²) in [6.45, 7) is 9.52. The van der Waals surface area contributed by atoms with E-state index in [2.05, 4.69) is 50.1 Å². The van der Waals surface area contributed by atoms with E-state index in [0.717, 1.165) is 12.2 Å². The van der Waals surface area contributed by atoms with Crippen molar-refractivity contribution in [1.29, 1.82) is 0 Å². The second-order valence-electron chi connectivity index (χ2n) is 5.22. The molecular weight excluding hydrogens is 232 g/mol. The molecule has 0 saturated carbocycles. The third kappa shape index (κ3) is 3.42. The zero-order valence-corrected chi connectivity index (χ0v) is 12.2. The Morgan fingerprint density at radius 1 is 1.05 bits per heavy atom. The van der Waals surface area contributed by atoms with Crippen molar-refractivity contribution in [1.82, 2.24) is 10.3 Å². The summed E-state index contributed by atoms with van der Waals surface area (Å²) in [4.78, 5) is 4.34. The van der Waals surface area contributed by atoms with E-state index in [0.29, 0.717) is 6.04 Å². The standard InChI is InChI=1S/C17H22N2/c1-12-9-14(3)17(10-13(12)2)15(4)19-11-16-7-5-6-8-18-16/h5-10,15,19H,11H2,1-4H3. The van der Waals surface area contributed by atoms with Crippen molar-refractivity contribution in [2.24, 2.45) is 0 Å². The average molecular weight is 254 g/mol. The first-order valence-corrected chi connectivity index (χ1v) is 6.79. The van der Waals surface area contributed by atoms with E-state index in [1.54, 1.807) is 0 Å². The summed E-state index contributed by atoms with van der Waals surface area (Å²) in [5, 5.41) is 3.54. The smallest absolute Gasteiger partial charge is 0.0541 e. The van der Waals surface area contributed by atoms with Gasteiger partial charge in [0.25, 0.3) is 0 Å². The molecule has 1 unspecified atom stereocenters. The Morgan fingerprint density at radius 3 is 2.47 bits per heavy atom. The number of nitrogens with zero attached hydrogens (tertiary/aromatic N) is 1. The van der Waals surface area contributed by atoms with Gasteiger partial charge in [0.15, 0.2) is 0 Å². The molecule has 0 aliphatic rings. The Balaban J connectivity index is 2.08. The Hall–Kier alpha value is -1.67. The van der Waals surface area contributed by atoms with Gasteiger partial charge < -0.3 is 5.32 Å². The molecule has 1 atom stereocenters. The first-order valence-electron chi connectivity index (χ1n) is 6.79. The van der Waals surface area contributed by atoms with Gasteiger partial charge in [0, 0.05) is 18.8 Å². The van der Waals surface area contributed by atoms with E-state index >= 15 is 0 Å². The molecule has 1 N–H and O–H groups in total. The van der Waals surface area contributed by atoms with Gasteiger partial charge in [-0.2, -0.15) is 0 Å². The molecule has 100 valence electrons. The molecule has 0 amide bonds. The summed E-state index contributed by atoms with van der Waals surface area (Å²) in [6, 6.07) is 10.9. The third-order valence-corrected chi connectivity index (χ3v) is 3.66. The van der Waals surface area contributed by atoms with Crippen LogP contribution in [0.4, 0.5) is 0 Å². The molecular formula is C17H22N2. The van der Waals surface area contributed by atoms with Crippen molar-refractivity contribution >= 4 is 0 Å². The van der Waals surface area contributed by atoms with Crippen molar-refractivity contribution in [3.05, 3.63) is 64.5 Å². The maximum atomic E-state index is 4.34. The van der Waals surface area contributed by atoms with Crippen LogP contribution in [0, 0.1) is 20.8 Å². The van der Waals surface area contributed by atoms with Crippen LogP contribution in [0.5, 0.6) is 0 Å². The fourth-order valence-electron chi connectivity index (χ4n) is 2.32. The maximum absolute atomic E-state index is 4.34. The fourth-order valence-corrected chi connectivity index (χ4v) is 2.32. The fraction of sp³-hybridized carbons (Fsp3) is 0.353. The Kier molecular flexibility index (Phi) is 4.33. The summed E-state index contributed by atoms with van der Waals surface area (Å²) in [6.07, 6.45) is 1.84. The molecule has 19 heavy (non-hydrogen) atoms. The molecule has 1 aromatic carbocycles. The Bertz CT molecular complexity index is 547. The molecule has 2 heteroatoms. The first-order chi connectivity index (χ1) is 9.08. The highest BCUT2D eigenvalue weighted by Crippen LogP contribution is 2.21. The van der Waals surface area contributed by atoms with Crippen molar-refractivity contribution < 1.29 is 0 Å². The molecule has 1 heterocycles. The summed E-state index contributed by atoms with van der Waals surface area (Å²) in [5.74, 6) is 0. The lowest BCUT2D eigenvalue weighted by Gasteiger charge is -2.18. The number of rotatable bonds is 4. The van der Waals surface area contributed by atoms with Crippen molar-refractivity contribution in [2.45, 2.75) is 40.3 Å². The van der Waals surface area contributed by atoms with Crippen molar-refractivity contribution in [3.8, 4) is 0 Å². The van der Waals surface area contributed by atoms with Crippen LogP contribution in [0.25, 0.3) is 0 Å². The van der Waals surface area contributed by atoms with E-state index in [9.17, 15) is 0 Å². The number of pyridine rings is 1. The second-order valence-corrected chi connectivity index (χ2v) is 5.22. The SMILES string of the molecule is Cc1cc(C)c(C(C)NCc2ccccn2)cc1C. The first kappa shape index (κ1) is 13.8. The normalized spacial score (nSPS) is 12.4. The van der Waals surface area contributed by atoms with E-state index in [1.807, 2.05) is 24.4 Å². The molecule has 1 aromatic heterocycles. The van der Waals surface area contributed by atoms with Crippen LogP contribution < -0.4 is 5.32 Å². The maximum Gasteiger partial charge on any atom is 0.0541 e. The topological polar surface area (TPSA) is 24.9 Å². The van der Waals surface area contributed by atoms with Gasteiger partial charge in [0.2, 0.25) is 0 Å². The number of hydrogen-bond donors (Lipinski definition) is 1. The molecule has 0 saturated heterocycles. The van der Waals surface area contributed by atoms with Gasteiger partial charge in [-0.3, -0.25) is 4.98 Å². The third-order valence-electron chi connectivity index (χ3n) is 3.66. The highest BCUT2D eigenvalue weighted by Gasteiger charge is 2.09. The molecule has 0 aliphatic heterocycles. The molecule has 0 radical (unpaired) electrons. The largest absolute Gasteiger partial charge is 0.305 e. The van der Waals surface area contributed by atoms with E-state index in [1.165, 1.54) is 22.3 Å². The van der Waals surface area contributed by atoms with Crippen LogP contribution in [-0.4, -0.2) is 4.98 Å². The van der Waals surface area contributed by atoms with Crippen LogP contribution >= 0.6 is 0 Å². The predicted octanol–water partition coefficient (Wildman–Crippen LogP) is 3.86. The van der Waals surface area contributed by atoms with Gasteiger partial charge in [-0.1, -0.05) is 18.2 Å². The number of nitrogens with one attached hydrogen (secondary N) is 1. The molecule has 0 bridgehead atoms. The minimum atomic E-state index is 0.335. The van der Waals surface area contributed by atoms with Gasteiger partial charge in [0.05, 0.1) is 5.69 Å². The molecule has 0 aliphatic carbocycles. The lowest BCUT2D eigenvalue weighted by atomic mass is 9.96. The predicted molar refractivity (Wildman–Crippen MR) is 80.1 cm³/mol. The second kappa shape index (κ2) is 5.98. The highest BCUT2D eigenvalue weighted by molar-refractivity contribution is 5.38.